The Kier molecular flexibility index (Phi) is 5.66. The Bertz CT molecular complexity index is 1260. The molecule has 32 heavy (non-hydrogen) atoms. The summed E-state index contributed by atoms with van der Waals surface area (Å²) in [6.07, 6.45) is 5.10. The van der Waals surface area contributed by atoms with Gasteiger partial charge in [0.25, 0.3) is 5.91 Å². The first-order chi connectivity index (χ1) is 15.7. The lowest BCUT2D eigenvalue weighted by molar-refractivity contribution is 0.0949. The summed E-state index contributed by atoms with van der Waals surface area (Å²) in [4.78, 5) is 13.0. The van der Waals surface area contributed by atoms with Crippen LogP contribution in [-0.2, 0) is 25.9 Å². The molecule has 5 rings (SSSR count). The summed E-state index contributed by atoms with van der Waals surface area (Å²) in [6, 6.07) is 14.0. The summed E-state index contributed by atoms with van der Waals surface area (Å²) >= 11 is 0. The maximum absolute atomic E-state index is 13.6. The van der Waals surface area contributed by atoms with Gasteiger partial charge < -0.3 is 9.88 Å². The summed E-state index contributed by atoms with van der Waals surface area (Å²) in [7, 11) is 0. The molecule has 0 bridgehead atoms. The second kappa shape index (κ2) is 8.90. The average Bonchev–Trinajstić information content (AvgIpc) is 3.26. The number of para-hydroxylation sites is 1. The maximum Gasteiger partial charge on any atom is 0.272 e. The number of fused-ring (bicyclic) bond motifs is 2. The number of rotatable bonds is 6. The van der Waals surface area contributed by atoms with Crippen LogP contribution in [0.3, 0.4) is 0 Å². The highest BCUT2D eigenvalue weighted by atomic mass is 19.1. The molecule has 2 aromatic carbocycles. The van der Waals surface area contributed by atoms with Crippen molar-refractivity contribution >= 4 is 16.8 Å². The lowest BCUT2D eigenvalue weighted by atomic mass is 10.2. The summed E-state index contributed by atoms with van der Waals surface area (Å²) in [5.41, 5.74) is 2.00. The minimum absolute atomic E-state index is 0.227. The highest BCUT2D eigenvalue weighted by Crippen LogP contribution is 2.20. The molecule has 7 nitrogen and oxygen atoms in total. The van der Waals surface area contributed by atoms with E-state index < -0.39 is 0 Å². The van der Waals surface area contributed by atoms with E-state index in [1.165, 1.54) is 18.6 Å². The van der Waals surface area contributed by atoms with Crippen LogP contribution in [0, 0.1) is 5.82 Å². The predicted molar refractivity (Wildman–Crippen MR) is 119 cm³/mol. The standard InChI is InChI=1S/C24H25FN6O/c25-18-8-6-7-17(15-18)16-31-20-10-4-3-9-19(20)23(29-31)24(32)26-13-12-22-28-27-21-11-2-1-5-14-30(21)22/h3-4,6-10,15H,1-2,5,11-14,16H2,(H,26,32). The number of aromatic nitrogens is 5. The Hall–Kier alpha value is -3.55. The van der Waals surface area contributed by atoms with Crippen LogP contribution in [0.4, 0.5) is 4.39 Å². The van der Waals surface area contributed by atoms with Crippen molar-refractivity contribution in [1.29, 1.82) is 0 Å². The van der Waals surface area contributed by atoms with Crippen molar-refractivity contribution in [1.82, 2.24) is 29.9 Å². The fourth-order valence-electron chi connectivity index (χ4n) is 4.33. The van der Waals surface area contributed by atoms with Crippen LogP contribution in [0.25, 0.3) is 10.9 Å². The average molecular weight is 433 g/mol. The number of aryl methyl sites for hydroxylation is 1. The molecule has 0 aliphatic carbocycles. The molecule has 1 aliphatic rings. The SMILES string of the molecule is O=C(NCCc1nnc2n1CCCCC2)c1nn(Cc2cccc(F)c2)c2ccccc12. The molecular weight excluding hydrogens is 407 g/mol. The van der Waals surface area contributed by atoms with E-state index in [1.54, 1.807) is 10.7 Å². The molecule has 3 heterocycles. The highest BCUT2D eigenvalue weighted by molar-refractivity contribution is 6.04. The van der Waals surface area contributed by atoms with Gasteiger partial charge in [-0.05, 0) is 36.6 Å². The molecule has 0 fully saturated rings. The van der Waals surface area contributed by atoms with Crippen LogP contribution in [-0.4, -0.2) is 37.0 Å². The lowest BCUT2D eigenvalue weighted by Gasteiger charge is -2.07. The van der Waals surface area contributed by atoms with Gasteiger partial charge in [-0.1, -0.05) is 36.8 Å². The Morgan fingerprint density at radius 1 is 1.06 bits per heavy atom. The zero-order chi connectivity index (χ0) is 21.9. The van der Waals surface area contributed by atoms with Crippen LogP contribution in [0.15, 0.2) is 48.5 Å². The smallest absolute Gasteiger partial charge is 0.272 e. The van der Waals surface area contributed by atoms with E-state index in [-0.39, 0.29) is 11.7 Å². The van der Waals surface area contributed by atoms with Crippen LogP contribution < -0.4 is 5.32 Å². The summed E-state index contributed by atoms with van der Waals surface area (Å²) < 4.78 is 17.5. The molecule has 0 unspecified atom stereocenters. The zero-order valence-corrected chi connectivity index (χ0v) is 17.8. The van der Waals surface area contributed by atoms with Gasteiger partial charge in [-0.2, -0.15) is 5.10 Å². The third-order valence-electron chi connectivity index (χ3n) is 5.91. The number of benzene rings is 2. The van der Waals surface area contributed by atoms with Gasteiger partial charge in [0, 0.05) is 31.3 Å². The molecule has 1 N–H and O–H groups in total. The van der Waals surface area contributed by atoms with E-state index in [4.69, 9.17) is 0 Å². The van der Waals surface area contributed by atoms with E-state index in [1.807, 2.05) is 30.3 Å². The Labute approximate surface area is 185 Å². The molecule has 2 aromatic heterocycles. The van der Waals surface area contributed by atoms with Gasteiger partial charge in [0.15, 0.2) is 5.69 Å². The first kappa shape index (κ1) is 20.4. The number of nitrogens with zero attached hydrogens (tertiary/aromatic N) is 5. The summed E-state index contributed by atoms with van der Waals surface area (Å²) in [6.45, 7) is 1.79. The molecule has 0 saturated carbocycles. The van der Waals surface area contributed by atoms with Crippen molar-refractivity contribution in [2.45, 2.75) is 45.2 Å². The fourth-order valence-corrected chi connectivity index (χ4v) is 4.33. The molecule has 4 aromatic rings. The number of amides is 1. The van der Waals surface area contributed by atoms with Gasteiger partial charge in [-0.15, -0.1) is 10.2 Å². The minimum atomic E-state index is -0.289. The number of hydrogen-bond acceptors (Lipinski definition) is 4. The van der Waals surface area contributed by atoms with Crippen molar-refractivity contribution in [2.24, 2.45) is 0 Å². The number of hydrogen-bond donors (Lipinski definition) is 1. The van der Waals surface area contributed by atoms with Gasteiger partial charge in [-0.25, -0.2) is 4.39 Å². The van der Waals surface area contributed by atoms with Crippen molar-refractivity contribution in [2.75, 3.05) is 6.54 Å². The Balaban J connectivity index is 1.31. The number of carbonyl (C=O) groups excluding carboxylic acids is 1. The quantitative estimate of drug-likeness (QED) is 0.506. The summed E-state index contributed by atoms with van der Waals surface area (Å²) in [5.74, 6) is 1.45. The third kappa shape index (κ3) is 4.12. The Morgan fingerprint density at radius 2 is 1.97 bits per heavy atom. The third-order valence-corrected chi connectivity index (χ3v) is 5.91. The van der Waals surface area contributed by atoms with Gasteiger partial charge in [0.2, 0.25) is 0 Å². The van der Waals surface area contributed by atoms with Gasteiger partial charge in [-0.3, -0.25) is 9.48 Å². The topological polar surface area (TPSA) is 77.6 Å². The molecule has 0 spiro atoms. The van der Waals surface area contributed by atoms with E-state index in [9.17, 15) is 9.18 Å². The van der Waals surface area contributed by atoms with E-state index in [0.717, 1.165) is 53.9 Å². The number of carbonyl (C=O) groups is 1. The second-order valence-corrected chi connectivity index (χ2v) is 8.15. The van der Waals surface area contributed by atoms with Gasteiger partial charge in [0.1, 0.15) is 17.5 Å². The van der Waals surface area contributed by atoms with Crippen molar-refractivity contribution < 1.29 is 9.18 Å². The van der Waals surface area contributed by atoms with Crippen LogP contribution in [0.1, 0.15) is 47.0 Å². The largest absolute Gasteiger partial charge is 0.350 e. The fraction of sp³-hybridized carbons (Fsp3) is 0.333. The van der Waals surface area contributed by atoms with Gasteiger partial charge >= 0.3 is 0 Å². The van der Waals surface area contributed by atoms with Crippen LogP contribution in [0.5, 0.6) is 0 Å². The second-order valence-electron chi connectivity index (χ2n) is 8.15. The van der Waals surface area contributed by atoms with E-state index in [2.05, 4.69) is 25.2 Å². The molecule has 0 atom stereocenters. The molecule has 0 saturated heterocycles. The lowest BCUT2D eigenvalue weighted by Crippen LogP contribution is -2.27. The molecule has 1 amide bonds. The molecule has 164 valence electrons. The molecule has 8 heteroatoms. The number of nitrogens with one attached hydrogen (secondary N) is 1. The van der Waals surface area contributed by atoms with Crippen LogP contribution in [0.2, 0.25) is 0 Å². The van der Waals surface area contributed by atoms with E-state index >= 15 is 0 Å². The molecular formula is C24H25FN6O. The monoisotopic (exact) mass is 432 g/mol. The van der Waals surface area contributed by atoms with Crippen LogP contribution >= 0.6 is 0 Å². The normalized spacial score (nSPS) is 13.7. The van der Waals surface area contributed by atoms with Crippen molar-refractivity contribution in [3.05, 3.63) is 77.3 Å². The van der Waals surface area contributed by atoms with E-state index in [0.29, 0.717) is 25.2 Å². The first-order valence-corrected chi connectivity index (χ1v) is 11.1. The zero-order valence-electron chi connectivity index (χ0n) is 17.8. The number of halogens is 1. The maximum atomic E-state index is 13.6. The van der Waals surface area contributed by atoms with Crippen molar-refractivity contribution in [3.63, 3.8) is 0 Å². The predicted octanol–water partition coefficient (Wildman–Crippen LogP) is 3.51. The molecule has 0 radical (unpaired) electrons. The molecule has 1 aliphatic heterocycles. The minimum Gasteiger partial charge on any atom is -0.350 e. The van der Waals surface area contributed by atoms with Gasteiger partial charge in [0.05, 0.1) is 12.1 Å². The van der Waals surface area contributed by atoms with Crippen molar-refractivity contribution in [3.8, 4) is 0 Å². The Morgan fingerprint density at radius 3 is 2.88 bits per heavy atom. The first-order valence-electron chi connectivity index (χ1n) is 11.1. The summed E-state index contributed by atoms with van der Waals surface area (Å²) in [5, 5.41) is 17.0. The highest BCUT2D eigenvalue weighted by Gasteiger charge is 2.18.